The number of thioether (sulfide) groups is 1. The van der Waals surface area contributed by atoms with Gasteiger partial charge < -0.3 is 14.9 Å². The maximum Gasteiger partial charge on any atom is 0.311 e. The van der Waals surface area contributed by atoms with Crippen LogP contribution in [-0.4, -0.2) is 44.4 Å². The van der Waals surface area contributed by atoms with Crippen LogP contribution >= 0.6 is 11.8 Å². The molecule has 0 aromatic carbocycles. The molecule has 4 aliphatic rings. The van der Waals surface area contributed by atoms with Crippen molar-refractivity contribution < 1.29 is 24.5 Å². The number of rotatable bonds is 7. The number of aliphatic hydroxyl groups is 2. The van der Waals surface area contributed by atoms with E-state index in [1.807, 2.05) is 20.8 Å². The van der Waals surface area contributed by atoms with Crippen LogP contribution < -0.4 is 0 Å². The molecule has 4 aliphatic carbocycles. The topological polar surface area (TPSA) is 83.8 Å². The fourth-order valence-corrected chi connectivity index (χ4v) is 10.5. The number of aliphatic hydroxyl groups excluding tert-OH is 2. The van der Waals surface area contributed by atoms with Crippen molar-refractivity contribution in [3.63, 3.8) is 0 Å². The van der Waals surface area contributed by atoms with Gasteiger partial charge >= 0.3 is 5.97 Å². The number of esters is 1. The fraction of sp³-hybridized carbons (Fsp3) is 0.941. The van der Waals surface area contributed by atoms with E-state index in [0.717, 1.165) is 57.8 Å². The minimum absolute atomic E-state index is 0.0513. The monoisotopic (exact) mass is 578 g/mol. The van der Waals surface area contributed by atoms with Crippen LogP contribution in [0.25, 0.3) is 0 Å². The first-order valence-corrected chi connectivity index (χ1v) is 17.0. The van der Waals surface area contributed by atoms with Crippen molar-refractivity contribution in [3.8, 4) is 0 Å². The van der Waals surface area contributed by atoms with Crippen molar-refractivity contribution >= 4 is 22.8 Å². The molecule has 0 radical (unpaired) electrons. The van der Waals surface area contributed by atoms with E-state index >= 15 is 0 Å². The SMILES string of the molecule is CCC(C)(C)C(=O)OC1CCC2(C)C(C1)CC(O)C1C2CC(O)C2(C)C(C(C)CCC(=O)SC(C)(C)C)CCC12. The largest absolute Gasteiger partial charge is 0.462 e. The second kappa shape index (κ2) is 11.5. The summed E-state index contributed by atoms with van der Waals surface area (Å²) in [6.45, 7) is 19.2. The van der Waals surface area contributed by atoms with Crippen LogP contribution in [0.15, 0.2) is 0 Å². The second-order valence-electron chi connectivity index (χ2n) is 16.2. The van der Waals surface area contributed by atoms with Crippen molar-refractivity contribution in [1.29, 1.82) is 0 Å². The Bertz CT molecular complexity index is 941. The Morgan fingerprint density at radius 3 is 2.30 bits per heavy atom. The lowest BCUT2D eigenvalue weighted by atomic mass is 9.43. The average molecular weight is 579 g/mol. The third-order valence-corrected chi connectivity index (χ3v) is 13.5. The van der Waals surface area contributed by atoms with E-state index in [4.69, 9.17) is 4.74 Å². The quantitative estimate of drug-likeness (QED) is 0.306. The molecule has 40 heavy (non-hydrogen) atoms. The highest BCUT2D eigenvalue weighted by Gasteiger charge is 2.65. The van der Waals surface area contributed by atoms with Crippen LogP contribution in [0.2, 0.25) is 0 Å². The van der Waals surface area contributed by atoms with Gasteiger partial charge in [0.05, 0.1) is 17.6 Å². The summed E-state index contributed by atoms with van der Waals surface area (Å²) in [5.74, 6) is 1.75. The van der Waals surface area contributed by atoms with Crippen LogP contribution in [0.4, 0.5) is 0 Å². The molecule has 0 bridgehead atoms. The number of ether oxygens (including phenoxy) is 1. The predicted molar refractivity (Wildman–Crippen MR) is 163 cm³/mol. The van der Waals surface area contributed by atoms with Gasteiger partial charge in [-0.3, -0.25) is 9.59 Å². The maximum absolute atomic E-state index is 12.8. The van der Waals surface area contributed by atoms with E-state index in [1.165, 1.54) is 11.8 Å². The summed E-state index contributed by atoms with van der Waals surface area (Å²) >= 11 is 1.45. The summed E-state index contributed by atoms with van der Waals surface area (Å²) in [4.78, 5) is 25.4. The number of hydrogen-bond acceptors (Lipinski definition) is 6. The third-order valence-electron chi connectivity index (χ3n) is 12.4. The van der Waals surface area contributed by atoms with E-state index in [1.54, 1.807) is 0 Å². The molecule has 11 unspecified atom stereocenters. The fourth-order valence-electron chi connectivity index (χ4n) is 9.62. The summed E-state index contributed by atoms with van der Waals surface area (Å²) in [5.41, 5.74) is -0.635. The molecular weight excluding hydrogens is 520 g/mol. The van der Waals surface area contributed by atoms with E-state index in [0.29, 0.717) is 30.1 Å². The Kier molecular flexibility index (Phi) is 9.28. The predicted octanol–water partition coefficient (Wildman–Crippen LogP) is 7.41. The average Bonchev–Trinajstić information content (AvgIpc) is 3.21. The summed E-state index contributed by atoms with van der Waals surface area (Å²) in [7, 11) is 0. The van der Waals surface area contributed by atoms with E-state index in [9.17, 15) is 19.8 Å². The van der Waals surface area contributed by atoms with Gasteiger partial charge in [-0.1, -0.05) is 60.2 Å². The van der Waals surface area contributed by atoms with Gasteiger partial charge in [-0.25, -0.2) is 0 Å². The number of hydrogen-bond donors (Lipinski definition) is 2. The van der Waals surface area contributed by atoms with Gasteiger partial charge in [0.15, 0.2) is 5.12 Å². The Hall–Kier alpha value is -0.590. The van der Waals surface area contributed by atoms with E-state index in [-0.39, 0.29) is 50.7 Å². The van der Waals surface area contributed by atoms with Gasteiger partial charge in [-0.05, 0) is 118 Å². The standard InChI is InChI=1S/C34H58O5S/c1-10-32(6,7)30(38)39-22-15-16-33(8)21(17-22)18-26(35)29-24-13-12-23(34(24,9)27(36)19-25(29)33)20(2)11-14-28(37)40-31(3,4)5/h20-27,29,35-36H,10-19H2,1-9H3. The van der Waals surface area contributed by atoms with E-state index in [2.05, 4.69) is 41.5 Å². The Morgan fingerprint density at radius 2 is 1.68 bits per heavy atom. The van der Waals surface area contributed by atoms with Crippen LogP contribution in [0.1, 0.15) is 127 Å². The van der Waals surface area contributed by atoms with Crippen molar-refractivity contribution in [2.24, 2.45) is 51.8 Å². The summed E-state index contributed by atoms with van der Waals surface area (Å²) in [6, 6.07) is 0. The van der Waals surface area contributed by atoms with Gasteiger partial charge in [-0.15, -0.1) is 0 Å². The summed E-state index contributed by atoms with van der Waals surface area (Å²) in [5, 5.41) is 23.9. The van der Waals surface area contributed by atoms with Crippen LogP contribution in [0.3, 0.4) is 0 Å². The molecule has 4 saturated carbocycles. The molecule has 11 atom stereocenters. The first-order chi connectivity index (χ1) is 18.4. The minimum atomic E-state index is -0.468. The number of carbonyl (C=O) groups is 2. The van der Waals surface area contributed by atoms with Crippen molar-refractivity contribution in [3.05, 3.63) is 0 Å². The number of carbonyl (C=O) groups excluding carboxylic acids is 2. The zero-order valence-corrected chi connectivity index (χ0v) is 27.6. The first kappa shape index (κ1) is 32.3. The summed E-state index contributed by atoms with van der Waals surface area (Å²) in [6.07, 6.45) is 7.69. The maximum atomic E-state index is 12.8. The molecule has 4 rings (SSSR count). The van der Waals surface area contributed by atoms with Crippen molar-refractivity contribution in [2.75, 3.05) is 0 Å². The molecular formula is C34H58O5S. The van der Waals surface area contributed by atoms with Gasteiger partial charge in [0.2, 0.25) is 0 Å². The molecule has 0 heterocycles. The smallest absolute Gasteiger partial charge is 0.311 e. The van der Waals surface area contributed by atoms with Gasteiger partial charge in [0.25, 0.3) is 0 Å². The molecule has 230 valence electrons. The molecule has 0 aliphatic heterocycles. The number of fused-ring (bicyclic) bond motifs is 5. The molecule has 0 saturated heterocycles. The lowest BCUT2D eigenvalue weighted by Gasteiger charge is -2.63. The Morgan fingerprint density at radius 1 is 1.00 bits per heavy atom. The highest BCUT2D eigenvalue weighted by atomic mass is 32.2. The van der Waals surface area contributed by atoms with Crippen LogP contribution in [-0.2, 0) is 14.3 Å². The molecule has 2 N–H and O–H groups in total. The van der Waals surface area contributed by atoms with Gasteiger partial charge in [0, 0.05) is 11.2 Å². The normalized spacial score (nSPS) is 42.4. The lowest BCUT2D eigenvalue weighted by Crippen LogP contribution is -2.62. The zero-order valence-electron chi connectivity index (χ0n) is 26.8. The zero-order chi connectivity index (χ0) is 29.8. The highest BCUT2D eigenvalue weighted by Crippen LogP contribution is 2.68. The molecule has 0 spiro atoms. The van der Waals surface area contributed by atoms with Gasteiger partial charge in [-0.2, -0.15) is 0 Å². The Labute approximate surface area is 248 Å². The second-order valence-corrected chi connectivity index (χ2v) is 18.1. The molecule has 0 aromatic rings. The molecule has 5 nitrogen and oxygen atoms in total. The van der Waals surface area contributed by atoms with Crippen molar-refractivity contribution in [1.82, 2.24) is 0 Å². The third kappa shape index (κ3) is 5.94. The van der Waals surface area contributed by atoms with Crippen LogP contribution in [0, 0.1) is 51.8 Å². The molecule has 6 heteroatoms. The lowest BCUT2D eigenvalue weighted by molar-refractivity contribution is -0.210. The molecule has 0 amide bonds. The van der Waals surface area contributed by atoms with Crippen LogP contribution in [0.5, 0.6) is 0 Å². The van der Waals surface area contributed by atoms with Gasteiger partial charge in [0.1, 0.15) is 6.10 Å². The van der Waals surface area contributed by atoms with Crippen molar-refractivity contribution in [2.45, 2.75) is 150 Å². The van der Waals surface area contributed by atoms with E-state index < -0.39 is 11.5 Å². The molecule has 4 fully saturated rings. The first-order valence-electron chi connectivity index (χ1n) is 16.2. The molecule has 0 aromatic heterocycles. The Balaban J connectivity index is 1.46. The minimum Gasteiger partial charge on any atom is -0.462 e. The highest BCUT2D eigenvalue weighted by molar-refractivity contribution is 8.14. The summed E-state index contributed by atoms with van der Waals surface area (Å²) < 4.78 is 5.97.